The van der Waals surface area contributed by atoms with Crippen LogP contribution in [0.2, 0.25) is 5.15 Å². The fourth-order valence-electron chi connectivity index (χ4n) is 1.26. The van der Waals surface area contributed by atoms with Crippen LogP contribution in [0.25, 0.3) is 10.7 Å². The lowest BCUT2D eigenvalue weighted by Crippen LogP contribution is -1.95. The van der Waals surface area contributed by atoms with E-state index < -0.39 is 0 Å². The summed E-state index contributed by atoms with van der Waals surface area (Å²) in [5.41, 5.74) is 1.89. The molecule has 2 rings (SSSR count). The second-order valence-electron chi connectivity index (χ2n) is 3.46. The van der Waals surface area contributed by atoms with Crippen molar-refractivity contribution < 1.29 is 0 Å². The summed E-state index contributed by atoms with van der Waals surface area (Å²) < 4.78 is 0. The molecule has 4 heteroatoms. The van der Waals surface area contributed by atoms with Gasteiger partial charge in [-0.05, 0) is 32.9 Å². The van der Waals surface area contributed by atoms with Crippen molar-refractivity contribution in [2.45, 2.75) is 20.8 Å². The lowest BCUT2D eigenvalue weighted by atomic mass is 10.3. The Labute approximate surface area is 98.0 Å². The van der Waals surface area contributed by atoms with Crippen LogP contribution in [-0.2, 0) is 0 Å². The third-order valence-corrected chi connectivity index (χ3v) is 3.66. The van der Waals surface area contributed by atoms with Crippen LogP contribution in [0.1, 0.15) is 16.1 Å². The van der Waals surface area contributed by atoms with Gasteiger partial charge in [-0.2, -0.15) is 0 Å². The number of rotatable bonds is 1. The molecular formula is C11H11ClN2S. The number of nitrogens with zero attached hydrogens (tertiary/aromatic N) is 2. The van der Waals surface area contributed by atoms with Crippen LogP contribution < -0.4 is 0 Å². The van der Waals surface area contributed by atoms with Gasteiger partial charge in [-0.15, -0.1) is 11.3 Å². The van der Waals surface area contributed by atoms with Crippen molar-refractivity contribution in [3.63, 3.8) is 0 Å². The van der Waals surface area contributed by atoms with E-state index in [4.69, 9.17) is 11.6 Å². The predicted molar refractivity (Wildman–Crippen MR) is 64.6 cm³/mol. The second kappa shape index (κ2) is 3.91. The highest BCUT2D eigenvalue weighted by molar-refractivity contribution is 7.15. The SMILES string of the molecule is Cc1ccc(-c2nc(C)c(C)c(Cl)n2)s1. The molecule has 0 atom stereocenters. The summed E-state index contributed by atoms with van der Waals surface area (Å²) in [6, 6.07) is 4.09. The van der Waals surface area contributed by atoms with Crippen molar-refractivity contribution in [2.24, 2.45) is 0 Å². The monoisotopic (exact) mass is 238 g/mol. The van der Waals surface area contributed by atoms with E-state index in [1.165, 1.54) is 4.88 Å². The Morgan fingerprint density at radius 3 is 2.40 bits per heavy atom. The zero-order chi connectivity index (χ0) is 11.0. The van der Waals surface area contributed by atoms with Crippen LogP contribution in [0.3, 0.4) is 0 Å². The zero-order valence-corrected chi connectivity index (χ0v) is 10.4. The number of hydrogen-bond acceptors (Lipinski definition) is 3. The molecule has 0 N–H and O–H groups in total. The van der Waals surface area contributed by atoms with Crippen molar-refractivity contribution >= 4 is 22.9 Å². The first kappa shape index (κ1) is 10.6. The largest absolute Gasteiger partial charge is 0.232 e. The Kier molecular flexibility index (Phi) is 2.76. The van der Waals surface area contributed by atoms with Gasteiger partial charge in [-0.25, -0.2) is 9.97 Å². The summed E-state index contributed by atoms with van der Waals surface area (Å²) in [6.07, 6.45) is 0. The van der Waals surface area contributed by atoms with Gasteiger partial charge in [0, 0.05) is 16.1 Å². The minimum atomic E-state index is 0.545. The maximum absolute atomic E-state index is 6.03. The van der Waals surface area contributed by atoms with Gasteiger partial charge in [0.1, 0.15) is 5.15 Å². The quantitative estimate of drug-likeness (QED) is 0.707. The number of aromatic nitrogens is 2. The van der Waals surface area contributed by atoms with Crippen molar-refractivity contribution in [3.05, 3.63) is 33.4 Å². The summed E-state index contributed by atoms with van der Waals surface area (Å²) in [5.74, 6) is 0.723. The van der Waals surface area contributed by atoms with Crippen LogP contribution in [0, 0.1) is 20.8 Å². The molecule has 2 heterocycles. The normalized spacial score (nSPS) is 10.7. The molecule has 0 radical (unpaired) electrons. The molecule has 0 aromatic carbocycles. The smallest absolute Gasteiger partial charge is 0.171 e. The van der Waals surface area contributed by atoms with Crippen molar-refractivity contribution in [2.75, 3.05) is 0 Å². The minimum absolute atomic E-state index is 0.545. The van der Waals surface area contributed by atoms with Crippen molar-refractivity contribution in [1.82, 2.24) is 9.97 Å². The average molecular weight is 239 g/mol. The molecule has 0 aliphatic heterocycles. The molecule has 2 aromatic rings. The predicted octanol–water partition coefficient (Wildman–Crippen LogP) is 3.78. The molecule has 0 amide bonds. The van der Waals surface area contributed by atoms with Crippen molar-refractivity contribution in [3.8, 4) is 10.7 Å². The highest BCUT2D eigenvalue weighted by Gasteiger charge is 2.09. The highest BCUT2D eigenvalue weighted by Crippen LogP contribution is 2.27. The Balaban J connectivity index is 2.55. The summed E-state index contributed by atoms with van der Waals surface area (Å²) in [4.78, 5) is 11.0. The summed E-state index contributed by atoms with van der Waals surface area (Å²) >= 11 is 7.71. The lowest BCUT2D eigenvalue weighted by Gasteiger charge is -2.03. The molecule has 2 nitrogen and oxygen atoms in total. The van der Waals surface area contributed by atoms with Crippen LogP contribution >= 0.6 is 22.9 Å². The third kappa shape index (κ3) is 2.03. The molecule has 0 spiro atoms. The first-order valence-electron chi connectivity index (χ1n) is 4.65. The maximum atomic E-state index is 6.03. The molecule has 0 aliphatic carbocycles. The summed E-state index contributed by atoms with van der Waals surface area (Å²) in [5, 5.41) is 0.545. The van der Waals surface area contributed by atoms with E-state index in [0.717, 1.165) is 22.0 Å². The molecule has 0 aliphatic rings. The molecule has 0 saturated heterocycles. The standard InChI is InChI=1S/C11H11ClN2S/c1-6-4-5-9(15-6)11-13-8(3)7(2)10(12)14-11/h4-5H,1-3H3. The molecule has 0 unspecified atom stereocenters. The molecular weight excluding hydrogens is 228 g/mol. The Morgan fingerprint density at radius 1 is 1.13 bits per heavy atom. The third-order valence-electron chi connectivity index (χ3n) is 2.29. The second-order valence-corrected chi connectivity index (χ2v) is 5.10. The fraction of sp³-hybridized carbons (Fsp3) is 0.273. The van der Waals surface area contributed by atoms with E-state index in [0.29, 0.717) is 5.15 Å². The summed E-state index contributed by atoms with van der Waals surface area (Å²) in [7, 11) is 0. The van der Waals surface area contributed by atoms with Gasteiger partial charge in [0.2, 0.25) is 0 Å². The van der Waals surface area contributed by atoms with E-state index in [1.807, 2.05) is 19.9 Å². The highest BCUT2D eigenvalue weighted by atomic mass is 35.5. The Morgan fingerprint density at radius 2 is 1.87 bits per heavy atom. The topological polar surface area (TPSA) is 25.8 Å². The molecule has 2 aromatic heterocycles. The van der Waals surface area contributed by atoms with Crippen LogP contribution in [-0.4, -0.2) is 9.97 Å². The average Bonchev–Trinajstić information content (AvgIpc) is 2.60. The lowest BCUT2D eigenvalue weighted by molar-refractivity contribution is 1.08. The number of aryl methyl sites for hydroxylation is 2. The van der Waals surface area contributed by atoms with Gasteiger partial charge in [-0.1, -0.05) is 11.6 Å². The number of thiophene rings is 1. The Hall–Kier alpha value is -0.930. The fourth-order valence-corrected chi connectivity index (χ4v) is 2.28. The van der Waals surface area contributed by atoms with E-state index in [9.17, 15) is 0 Å². The van der Waals surface area contributed by atoms with Gasteiger partial charge in [0.25, 0.3) is 0 Å². The number of hydrogen-bond donors (Lipinski definition) is 0. The first-order chi connectivity index (χ1) is 7.08. The molecule has 15 heavy (non-hydrogen) atoms. The van der Waals surface area contributed by atoms with Gasteiger partial charge in [0.05, 0.1) is 4.88 Å². The zero-order valence-electron chi connectivity index (χ0n) is 8.84. The van der Waals surface area contributed by atoms with Gasteiger partial charge in [0.15, 0.2) is 5.82 Å². The van der Waals surface area contributed by atoms with E-state index in [1.54, 1.807) is 11.3 Å². The van der Waals surface area contributed by atoms with Crippen LogP contribution in [0.4, 0.5) is 0 Å². The molecule has 0 fully saturated rings. The van der Waals surface area contributed by atoms with Crippen LogP contribution in [0.5, 0.6) is 0 Å². The number of halogens is 1. The molecule has 0 saturated carbocycles. The Bertz CT molecular complexity index is 482. The van der Waals surface area contributed by atoms with E-state index in [2.05, 4.69) is 23.0 Å². The molecule has 78 valence electrons. The van der Waals surface area contributed by atoms with E-state index in [-0.39, 0.29) is 0 Å². The van der Waals surface area contributed by atoms with Crippen LogP contribution in [0.15, 0.2) is 12.1 Å². The maximum Gasteiger partial charge on any atom is 0.171 e. The molecule has 0 bridgehead atoms. The van der Waals surface area contributed by atoms with Gasteiger partial charge >= 0.3 is 0 Å². The van der Waals surface area contributed by atoms with Crippen molar-refractivity contribution in [1.29, 1.82) is 0 Å². The summed E-state index contributed by atoms with van der Waals surface area (Å²) in [6.45, 7) is 5.95. The van der Waals surface area contributed by atoms with E-state index >= 15 is 0 Å². The first-order valence-corrected chi connectivity index (χ1v) is 5.85. The van der Waals surface area contributed by atoms with Gasteiger partial charge in [-0.3, -0.25) is 0 Å². The van der Waals surface area contributed by atoms with Gasteiger partial charge < -0.3 is 0 Å². The minimum Gasteiger partial charge on any atom is -0.232 e.